The number of aliphatic hydroxyl groups is 6. The van der Waals surface area contributed by atoms with E-state index >= 15 is 0 Å². The van der Waals surface area contributed by atoms with Crippen molar-refractivity contribution in [1.29, 1.82) is 0 Å². The number of hydrogen-bond acceptors (Lipinski definition) is 7. The molecule has 0 spiro atoms. The largest absolute Gasteiger partial charge is 0.505 e. The molecule has 6 N–H and O–H groups in total. The maximum absolute atomic E-state index is 8.69. The SMILES string of the molecule is C=C(O)C(O)(O)OC(O)(O)C(=C)O. The van der Waals surface area contributed by atoms with Gasteiger partial charge in [-0.2, -0.15) is 0 Å². The summed E-state index contributed by atoms with van der Waals surface area (Å²) in [5.41, 5.74) is 0. The lowest BCUT2D eigenvalue weighted by Crippen LogP contribution is -2.46. The van der Waals surface area contributed by atoms with Gasteiger partial charge in [-0.25, -0.2) is 0 Å². The van der Waals surface area contributed by atoms with Crippen molar-refractivity contribution >= 4 is 0 Å². The van der Waals surface area contributed by atoms with E-state index in [0.29, 0.717) is 0 Å². The number of rotatable bonds is 4. The standard InChI is InChI=1S/C6H10O7/c1-3(7)5(9,10)13-6(11,12)4(2)8/h7-12H,1-2H2. The third kappa shape index (κ3) is 3.01. The van der Waals surface area contributed by atoms with E-state index in [4.69, 9.17) is 30.6 Å². The molecule has 0 saturated carbocycles. The topological polar surface area (TPSA) is 131 Å². The minimum Gasteiger partial charge on any atom is -0.505 e. The Morgan fingerprint density at radius 3 is 1.23 bits per heavy atom. The normalized spacial score (nSPS) is 12.6. The molecular weight excluding hydrogens is 184 g/mol. The molecule has 0 aliphatic rings. The van der Waals surface area contributed by atoms with E-state index in [-0.39, 0.29) is 0 Å². The predicted octanol–water partition coefficient (Wildman–Crippen LogP) is -1.58. The van der Waals surface area contributed by atoms with E-state index in [2.05, 4.69) is 17.9 Å². The highest BCUT2D eigenvalue weighted by Gasteiger charge is 2.42. The van der Waals surface area contributed by atoms with Gasteiger partial charge in [-0.1, -0.05) is 13.2 Å². The summed E-state index contributed by atoms with van der Waals surface area (Å²) in [6.07, 6.45) is 0. The van der Waals surface area contributed by atoms with Crippen molar-refractivity contribution in [2.45, 2.75) is 11.9 Å². The average Bonchev–Trinajstić information content (AvgIpc) is 1.83. The van der Waals surface area contributed by atoms with Gasteiger partial charge < -0.3 is 30.6 Å². The van der Waals surface area contributed by atoms with Crippen LogP contribution in [0.5, 0.6) is 0 Å². The summed E-state index contributed by atoms with van der Waals surface area (Å²) < 4.78 is 3.67. The van der Waals surface area contributed by atoms with E-state index in [9.17, 15) is 0 Å². The van der Waals surface area contributed by atoms with Gasteiger partial charge >= 0.3 is 11.9 Å². The minimum absolute atomic E-state index is 1.29. The van der Waals surface area contributed by atoms with Gasteiger partial charge in [0, 0.05) is 0 Å². The van der Waals surface area contributed by atoms with Crippen LogP contribution in [0.3, 0.4) is 0 Å². The highest BCUT2D eigenvalue weighted by Crippen LogP contribution is 2.20. The Morgan fingerprint density at radius 1 is 0.846 bits per heavy atom. The van der Waals surface area contributed by atoms with Crippen LogP contribution in [-0.4, -0.2) is 42.6 Å². The lowest BCUT2D eigenvalue weighted by atomic mass is 10.4. The second-order valence-electron chi connectivity index (χ2n) is 2.21. The predicted molar refractivity (Wildman–Crippen MR) is 39.0 cm³/mol. The second kappa shape index (κ2) is 3.32. The first kappa shape index (κ1) is 11.9. The van der Waals surface area contributed by atoms with Crippen LogP contribution in [0, 0.1) is 0 Å². The van der Waals surface area contributed by atoms with Crippen molar-refractivity contribution in [3.8, 4) is 0 Å². The zero-order valence-corrected chi connectivity index (χ0v) is 6.51. The van der Waals surface area contributed by atoms with E-state index in [1.165, 1.54) is 0 Å². The molecule has 76 valence electrons. The minimum atomic E-state index is -3.39. The highest BCUT2D eigenvalue weighted by atomic mass is 16.9. The first-order valence-electron chi connectivity index (χ1n) is 2.96. The summed E-state index contributed by atoms with van der Waals surface area (Å²) in [7, 11) is 0. The van der Waals surface area contributed by atoms with E-state index in [1.807, 2.05) is 0 Å². The molecule has 13 heavy (non-hydrogen) atoms. The van der Waals surface area contributed by atoms with Gasteiger partial charge in [-0.15, -0.1) is 0 Å². The monoisotopic (exact) mass is 194 g/mol. The van der Waals surface area contributed by atoms with Crippen LogP contribution in [0.4, 0.5) is 0 Å². The quantitative estimate of drug-likeness (QED) is 0.235. The molecule has 0 radical (unpaired) electrons. The summed E-state index contributed by atoms with van der Waals surface area (Å²) >= 11 is 0. The Hall–Kier alpha value is -1.12. The van der Waals surface area contributed by atoms with E-state index in [0.717, 1.165) is 0 Å². The maximum Gasteiger partial charge on any atom is 0.344 e. The van der Waals surface area contributed by atoms with Gasteiger partial charge in [-0.05, 0) is 0 Å². The summed E-state index contributed by atoms with van der Waals surface area (Å²) in [6.45, 7) is 5.33. The number of aliphatic hydroxyl groups excluding tert-OH is 2. The summed E-state index contributed by atoms with van der Waals surface area (Å²) in [5.74, 6) is -9.37. The van der Waals surface area contributed by atoms with Gasteiger partial charge in [0.15, 0.2) is 11.5 Å². The first-order chi connectivity index (χ1) is 5.59. The van der Waals surface area contributed by atoms with Crippen LogP contribution in [0.1, 0.15) is 0 Å². The van der Waals surface area contributed by atoms with Crippen molar-refractivity contribution in [1.82, 2.24) is 0 Å². The van der Waals surface area contributed by atoms with Gasteiger partial charge in [0.2, 0.25) is 0 Å². The van der Waals surface area contributed by atoms with Crippen LogP contribution in [0.25, 0.3) is 0 Å². The molecule has 0 amide bonds. The van der Waals surface area contributed by atoms with Crippen molar-refractivity contribution < 1.29 is 35.4 Å². The maximum atomic E-state index is 8.69. The molecule has 0 saturated heterocycles. The van der Waals surface area contributed by atoms with Gasteiger partial charge in [0.1, 0.15) is 0 Å². The fraction of sp³-hybridized carbons (Fsp3) is 0.333. The Morgan fingerprint density at radius 2 is 1.08 bits per heavy atom. The molecule has 0 aliphatic carbocycles. The molecule has 0 atom stereocenters. The molecule has 0 aromatic rings. The Balaban J connectivity index is 4.61. The average molecular weight is 194 g/mol. The van der Waals surface area contributed by atoms with Crippen LogP contribution in [0.15, 0.2) is 24.7 Å². The number of ether oxygens (including phenoxy) is 1. The lowest BCUT2D eigenvalue weighted by Gasteiger charge is -2.28. The third-order valence-electron chi connectivity index (χ3n) is 1.04. The third-order valence-corrected chi connectivity index (χ3v) is 1.04. The Bertz CT molecular complexity index is 205. The second-order valence-corrected chi connectivity index (χ2v) is 2.21. The molecule has 7 heteroatoms. The number of hydrogen-bond donors (Lipinski definition) is 6. The molecule has 0 bridgehead atoms. The summed E-state index contributed by atoms with van der Waals surface area (Å²) in [5, 5.41) is 51.7. The molecule has 0 fully saturated rings. The van der Waals surface area contributed by atoms with Crippen molar-refractivity contribution in [3.05, 3.63) is 24.7 Å². The fourth-order valence-electron chi connectivity index (χ4n) is 0.316. The molecule has 0 heterocycles. The first-order valence-corrected chi connectivity index (χ1v) is 2.96. The Labute approximate surface area is 73.1 Å². The molecule has 0 rings (SSSR count). The summed E-state index contributed by atoms with van der Waals surface area (Å²) in [4.78, 5) is 0. The van der Waals surface area contributed by atoms with E-state index < -0.39 is 23.5 Å². The molecule has 0 aromatic carbocycles. The Kier molecular flexibility index (Phi) is 3.04. The highest BCUT2D eigenvalue weighted by molar-refractivity contribution is 4.94. The van der Waals surface area contributed by atoms with E-state index in [1.54, 1.807) is 0 Å². The van der Waals surface area contributed by atoms with Gasteiger partial charge in [0.25, 0.3) is 0 Å². The van der Waals surface area contributed by atoms with Crippen molar-refractivity contribution in [3.63, 3.8) is 0 Å². The van der Waals surface area contributed by atoms with Crippen LogP contribution in [0.2, 0.25) is 0 Å². The molecular formula is C6H10O7. The van der Waals surface area contributed by atoms with Crippen molar-refractivity contribution in [2.75, 3.05) is 0 Å². The zero-order valence-electron chi connectivity index (χ0n) is 6.51. The summed E-state index contributed by atoms with van der Waals surface area (Å²) in [6, 6.07) is 0. The smallest absolute Gasteiger partial charge is 0.344 e. The van der Waals surface area contributed by atoms with Crippen LogP contribution < -0.4 is 0 Å². The molecule has 0 aromatic heterocycles. The molecule has 0 unspecified atom stereocenters. The fourth-order valence-corrected chi connectivity index (χ4v) is 0.316. The van der Waals surface area contributed by atoms with Gasteiger partial charge in [0.05, 0.1) is 0 Å². The molecule has 7 nitrogen and oxygen atoms in total. The van der Waals surface area contributed by atoms with Crippen LogP contribution in [-0.2, 0) is 4.74 Å². The van der Waals surface area contributed by atoms with Crippen LogP contribution >= 0.6 is 0 Å². The van der Waals surface area contributed by atoms with Crippen molar-refractivity contribution in [2.24, 2.45) is 0 Å². The zero-order chi connectivity index (χ0) is 10.9. The molecule has 0 aliphatic heterocycles. The van der Waals surface area contributed by atoms with Gasteiger partial charge in [-0.3, -0.25) is 4.74 Å². The lowest BCUT2D eigenvalue weighted by molar-refractivity contribution is -0.454.